The molecule has 1 amide bonds. The van der Waals surface area contributed by atoms with Gasteiger partial charge in [-0.1, -0.05) is 6.07 Å². The molecule has 0 unspecified atom stereocenters. The van der Waals surface area contributed by atoms with E-state index in [-0.39, 0.29) is 21.8 Å². The maximum absolute atomic E-state index is 12.3. The molecule has 110 valence electrons. The van der Waals surface area contributed by atoms with E-state index >= 15 is 0 Å². The number of aromatic nitrogens is 2. The van der Waals surface area contributed by atoms with Gasteiger partial charge in [-0.3, -0.25) is 14.9 Å². The Labute approximate surface area is 129 Å². The van der Waals surface area contributed by atoms with Crippen molar-refractivity contribution < 1.29 is 9.72 Å². The number of nitro benzene ring substituents is 1. The van der Waals surface area contributed by atoms with E-state index in [0.29, 0.717) is 5.82 Å². The molecular formula is C13H13BrN4O3. The quantitative estimate of drug-likeness (QED) is 0.674. The number of benzene rings is 1. The van der Waals surface area contributed by atoms with Gasteiger partial charge in [0.15, 0.2) is 0 Å². The van der Waals surface area contributed by atoms with E-state index in [1.165, 1.54) is 18.2 Å². The number of halogens is 1. The van der Waals surface area contributed by atoms with Crippen molar-refractivity contribution in [3.63, 3.8) is 0 Å². The highest BCUT2D eigenvalue weighted by molar-refractivity contribution is 9.10. The third-order valence-electron chi connectivity index (χ3n) is 2.82. The Kier molecular flexibility index (Phi) is 4.37. The molecule has 0 atom stereocenters. The van der Waals surface area contributed by atoms with E-state index in [9.17, 15) is 14.9 Å². The fourth-order valence-electron chi connectivity index (χ4n) is 1.84. The molecule has 0 aliphatic rings. The van der Waals surface area contributed by atoms with Gasteiger partial charge in [0.2, 0.25) is 0 Å². The molecule has 0 bridgehead atoms. The molecule has 0 spiro atoms. The van der Waals surface area contributed by atoms with Gasteiger partial charge in [0.1, 0.15) is 10.3 Å². The Morgan fingerprint density at radius 1 is 1.43 bits per heavy atom. The molecule has 0 fully saturated rings. The number of hydrogen-bond acceptors (Lipinski definition) is 4. The van der Waals surface area contributed by atoms with Gasteiger partial charge in [-0.15, -0.1) is 0 Å². The molecule has 1 aromatic carbocycles. The third kappa shape index (κ3) is 3.10. The van der Waals surface area contributed by atoms with Gasteiger partial charge >= 0.3 is 0 Å². The summed E-state index contributed by atoms with van der Waals surface area (Å²) in [5, 5.41) is 17.7. The van der Waals surface area contributed by atoms with Gasteiger partial charge in [-0.2, -0.15) is 5.10 Å². The molecule has 7 nitrogen and oxygen atoms in total. The lowest BCUT2D eigenvalue weighted by Gasteiger charge is -2.12. The molecule has 0 radical (unpaired) electrons. The molecular weight excluding hydrogens is 340 g/mol. The zero-order chi connectivity index (χ0) is 15.6. The van der Waals surface area contributed by atoms with Crippen LogP contribution in [0.3, 0.4) is 0 Å². The first kappa shape index (κ1) is 15.2. The number of carbonyl (C=O) groups excluding carboxylic acids is 1. The number of nitrogens with zero attached hydrogens (tertiary/aromatic N) is 3. The van der Waals surface area contributed by atoms with Crippen LogP contribution in [0.2, 0.25) is 0 Å². The van der Waals surface area contributed by atoms with Crippen LogP contribution in [0.25, 0.3) is 0 Å². The zero-order valence-corrected chi connectivity index (χ0v) is 13.0. The molecule has 0 aliphatic carbocycles. The molecule has 8 heteroatoms. The molecule has 1 N–H and O–H groups in total. The monoisotopic (exact) mass is 352 g/mol. The average molecular weight is 353 g/mol. The standard InChI is InChI=1S/C13H13BrN4O3/c1-8(2)17-11(6-7-15-17)16-13(19)9-4-3-5-10(12(9)14)18(20)21/h3-8H,1-2H3,(H,16,19). The minimum atomic E-state index is -0.542. The van der Waals surface area contributed by atoms with Crippen LogP contribution in [0.15, 0.2) is 34.9 Å². The van der Waals surface area contributed by atoms with Gasteiger partial charge in [-0.25, -0.2) is 4.68 Å². The highest BCUT2D eigenvalue weighted by atomic mass is 79.9. The summed E-state index contributed by atoms with van der Waals surface area (Å²) in [4.78, 5) is 22.6. The maximum Gasteiger partial charge on any atom is 0.284 e. The number of hydrogen-bond donors (Lipinski definition) is 1. The summed E-state index contributed by atoms with van der Waals surface area (Å²) >= 11 is 3.11. The first-order chi connectivity index (χ1) is 9.91. The number of carbonyl (C=O) groups is 1. The molecule has 0 saturated heterocycles. The van der Waals surface area contributed by atoms with Crippen molar-refractivity contribution in [3.05, 3.63) is 50.6 Å². The average Bonchev–Trinajstić information content (AvgIpc) is 2.86. The minimum Gasteiger partial charge on any atom is -0.307 e. The molecule has 1 heterocycles. The van der Waals surface area contributed by atoms with Gasteiger partial charge in [0.25, 0.3) is 11.6 Å². The van der Waals surface area contributed by atoms with Crippen molar-refractivity contribution in [3.8, 4) is 0 Å². The summed E-state index contributed by atoms with van der Waals surface area (Å²) < 4.78 is 1.81. The van der Waals surface area contributed by atoms with E-state index in [4.69, 9.17) is 0 Å². The lowest BCUT2D eigenvalue weighted by Crippen LogP contribution is -2.17. The summed E-state index contributed by atoms with van der Waals surface area (Å²) in [7, 11) is 0. The van der Waals surface area contributed by atoms with Gasteiger partial charge in [0, 0.05) is 18.2 Å². The maximum atomic E-state index is 12.3. The highest BCUT2D eigenvalue weighted by Gasteiger charge is 2.20. The van der Waals surface area contributed by atoms with Crippen LogP contribution in [0.1, 0.15) is 30.2 Å². The SMILES string of the molecule is CC(C)n1nccc1NC(=O)c1cccc([N+](=O)[O-])c1Br. The van der Waals surface area contributed by atoms with Crippen molar-refractivity contribution >= 4 is 33.3 Å². The fraction of sp³-hybridized carbons (Fsp3) is 0.231. The number of rotatable bonds is 4. The smallest absolute Gasteiger partial charge is 0.284 e. The summed E-state index contributed by atoms with van der Waals surface area (Å²) in [6, 6.07) is 6.08. The van der Waals surface area contributed by atoms with E-state index in [0.717, 1.165) is 0 Å². The Bertz CT molecular complexity index is 696. The van der Waals surface area contributed by atoms with Crippen LogP contribution in [0.5, 0.6) is 0 Å². The van der Waals surface area contributed by atoms with Crippen LogP contribution in [-0.4, -0.2) is 20.6 Å². The van der Waals surface area contributed by atoms with E-state index in [1.54, 1.807) is 16.9 Å². The topological polar surface area (TPSA) is 90.1 Å². The Hall–Kier alpha value is -2.22. The van der Waals surface area contributed by atoms with Gasteiger partial charge in [-0.05, 0) is 35.8 Å². The Morgan fingerprint density at radius 2 is 2.14 bits per heavy atom. The Balaban J connectivity index is 2.31. The van der Waals surface area contributed by atoms with Crippen molar-refractivity contribution in [2.24, 2.45) is 0 Å². The molecule has 2 rings (SSSR count). The summed E-state index contributed by atoms with van der Waals surface area (Å²) in [6.45, 7) is 3.87. The van der Waals surface area contributed by atoms with Crippen LogP contribution in [0.4, 0.5) is 11.5 Å². The molecule has 0 saturated carbocycles. The molecule has 1 aromatic heterocycles. The number of nitrogens with one attached hydrogen (secondary N) is 1. The summed E-state index contributed by atoms with van der Waals surface area (Å²) in [5.74, 6) is 0.0985. The van der Waals surface area contributed by atoms with Crippen LogP contribution < -0.4 is 5.32 Å². The fourth-order valence-corrected chi connectivity index (χ4v) is 2.43. The largest absolute Gasteiger partial charge is 0.307 e. The second kappa shape index (κ2) is 6.04. The lowest BCUT2D eigenvalue weighted by molar-refractivity contribution is -0.385. The van der Waals surface area contributed by atoms with Crippen molar-refractivity contribution in [1.29, 1.82) is 0 Å². The number of nitro groups is 1. The number of anilines is 1. The highest BCUT2D eigenvalue weighted by Crippen LogP contribution is 2.28. The van der Waals surface area contributed by atoms with Gasteiger partial charge in [0.05, 0.1) is 16.7 Å². The number of amides is 1. The summed E-state index contributed by atoms with van der Waals surface area (Å²) in [5.41, 5.74) is 0.0423. The van der Waals surface area contributed by atoms with Crippen LogP contribution >= 0.6 is 15.9 Å². The predicted molar refractivity (Wildman–Crippen MR) is 81.4 cm³/mol. The molecule has 21 heavy (non-hydrogen) atoms. The lowest BCUT2D eigenvalue weighted by atomic mass is 10.2. The van der Waals surface area contributed by atoms with E-state index in [1.807, 2.05) is 13.8 Å². The third-order valence-corrected chi connectivity index (χ3v) is 3.65. The normalized spacial score (nSPS) is 10.7. The van der Waals surface area contributed by atoms with Gasteiger partial charge < -0.3 is 5.32 Å². The zero-order valence-electron chi connectivity index (χ0n) is 11.4. The first-order valence-corrected chi connectivity index (χ1v) is 6.99. The van der Waals surface area contributed by atoms with Crippen molar-refractivity contribution in [1.82, 2.24) is 9.78 Å². The van der Waals surface area contributed by atoms with E-state index in [2.05, 4.69) is 26.3 Å². The van der Waals surface area contributed by atoms with Crippen LogP contribution in [0, 0.1) is 10.1 Å². The second-order valence-electron chi connectivity index (χ2n) is 4.60. The second-order valence-corrected chi connectivity index (χ2v) is 5.40. The predicted octanol–water partition coefficient (Wildman–Crippen LogP) is 3.39. The minimum absolute atomic E-state index is 0.0869. The van der Waals surface area contributed by atoms with Crippen molar-refractivity contribution in [2.45, 2.75) is 19.9 Å². The van der Waals surface area contributed by atoms with Crippen molar-refractivity contribution in [2.75, 3.05) is 5.32 Å². The molecule has 2 aromatic rings. The Morgan fingerprint density at radius 3 is 2.76 bits per heavy atom. The first-order valence-electron chi connectivity index (χ1n) is 6.19. The van der Waals surface area contributed by atoms with E-state index < -0.39 is 10.8 Å². The molecule has 0 aliphatic heterocycles. The summed E-state index contributed by atoms with van der Waals surface area (Å²) in [6.07, 6.45) is 1.58. The van der Waals surface area contributed by atoms with Crippen LogP contribution in [-0.2, 0) is 0 Å².